The Kier molecular flexibility index (Phi) is 12.0. The van der Waals surface area contributed by atoms with Crippen LogP contribution in [0.15, 0.2) is 120 Å². The third-order valence-electron chi connectivity index (χ3n) is 11.7. The quantitative estimate of drug-likeness (QED) is 0.113. The summed E-state index contributed by atoms with van der Waals surface area (Å²) in [4.78, 5) is 9.45. The Morgan fingerprint density at radius 1 is 0.800 bits per heavy atom. The molecule has 4 aromatic carbocycles. The molecule has 0 spiro atoms. The molecule has 3 heterocycles. The Morgan fingerprint density at radius 2 is 1.60 bits per heavy atom. The molecule has 2 bridgehead atoms. The van der Waals surface area contributed by atoms with Crippen molar-refractivity contribution >= 4 is 35.2 Å². The van der Waals surface area contributed by atoms with Crippen LogP contribution in [-0.2, 0) is 32.9 Å². The molecular formula is C50H52IrN2OSi-2. The Hall–Kier alpha value is -4.15. The molecule has 1 atom stereocenters. The van der Waals surface area contributed by atoms with Crippen molar-refractivity contribution in [3.63, 3.8) is 0 Å². The Bertz CT molecular complexity index is 2350. The van der Waals surface area contributed by atoms with Crippen LogP contribution in [0.25, 0.3) is 55.6 Å². The second kappa shape index (κ2) is 16.9. The minimum atomic E-state index is -1.34. The van der Waals surface area contributed by atoms with Gasteiger partial charge in [0.05, 0.1) is 13.7 Å². The smallest absolute Gasteiger partial charge is 0.121 e. The van der Waals surface area contributed by atoms with Crippen LogP contribution in [0.2, 0.25) is 19.6 Å². The van der Waals surface area contributed by atoms with Crippen LogP contribution in [0.3, 0.4) is 0 Å². The molecular weight excluding hydrogens is 865 g/mol. The van der Waals surface area contributed by atoms with Crippen molar-refractivity contribution in [2.75, 3.05) is 0 Å². The molecule has 0 saturated heterocycles. The molecule has 55 heavy (non-hydrogen) atoms. The first kappa shape index (κ1) is 39.1. The summed E-state index contributed by atoms with van der Waals surface area (Å²) < 4.78 is 6.46. The van der Waals surface area contributed by atoms with Crippen molar-refractivity contribution in [1.82, 2.24) is 9.97 Å². The molecule has 0 N–H and O–H groups in total. The summed E-state index contributed by atoms with van der Waals surface area (Å²) in [6.45, 7) is 11.7. The predicted octanol–water partition coefficient (Wildman–Crippen LogP) is 12.8. The van der Waals surface area contributed by atoms with E-state index in [0.717, 1.165) is 68.6 Å². The van der Waals surface area contributed by atoms with E-state index in [1.165, 1.54) is 66.0 Å². The fourth-order valence-corrected chi connectivity index (χ4v) is 10.7. The number of fused-ring (bicyclic) bond motifs is 6. The van der Waals surface area contributed by atoms with Crippen molar-refractivity contribution in [3.05, 3.63) is 139 Å². The monoisotopic (exact) mass is 917 g/mol. The average Bonchev–Trinajstić information content (AvgIpc) is 3.58. The summed E-state index contributed by atoms with van der Waals surface area (Å²) in [5, 5.41) is 3.78. The van der Waals surface area contributed by atoms with E-state index in [1.807, 2.05) is 30.5 Å². The maximum atomic E-state index is 6.46. The molecule has 5 heteroatoms. The molecule has 3 fully saturated rings. The standard InChI is InChI=1S/C32H28NO.C18H24NSi.Ir/c1-2-6-24(7-3-1)26-8-5-11-30-31(26)28-10-4-9-27(32(28)34-30)29-20-22(16-17-33-29)19-25-18-21-12-14-23(25)15-13-21;1-14(2)11-16-12-17(15-9-7-6-8-10-15)19-13-18(16)20(3,4)5;/h1-8,10-11,16-17,20-21,23,25H,12-15,18-19H2;6-9,12-14H,11H2,1-5H3;/q2*-1;. The van der Waals surface area contributed by atoms with Gasteiger partial charge in [-0.05, 0) is 95.6 Å². The van der Waals surface area contributed by atoms with E-state index in [0.29, 0.717) is 5.92 Å². The SMILES string of the molecule is CC(C)Cc1cc(-c2[c-]cccc2)ncc1[Si](C)(C)C.[Ir].[c-]1ccc2c(oc3cccc(-c4ccccc4)c32)c1-c1cc(CC2CC3CCC2CC3)ccn1. The molecule has 3 saturated carbocycles. The van der Waals surface area contributed by atoms with Crippen LogP contribution < -0.4 is 5.19 Å². The van der Waals surface area contributed by atoms with E-state index < -0.39 is 8.07 Å². The van der Waals surface area contributed by atoms with E-state index in [1.54, 1.807) is 0 Å². The molecule has 283 valence electrons. The van der Waals surface area contributed by atoms with Crippen LogP contribution >= 0.6 is 0 Å². The summed E-state index contributed by atoms with van der Waals surface area (Å²) in [7, 11) is -1.34. The van der Waals surface area contributed by atoms with Gasteiger partial charge in [-0.3, -0.25) is 0 Å². The van der Waals surface area contributed by atoms with Gasteiger partial charge in [-0.1, -0.05) is 123 Å². The first-order valence-corrected chi connectivity index (χ1v) is 23.5. The van der Waals surface area contributed by atoms with Gasteiger partial charge in [0.2, 0.25) is 0 Å². The first-order chi connectivity index (χ1) is 26.2. The summed E-state index contributed by atoms with van der Waals surface area (Å²) >= 11 is 0. The number of furan rings is 1. The molecule has 7 aromatic rings. The van der Waals surface area contributed by atoms with Gasteiger partial charge in [0.15, 0.2) is 0 Å². The molecule has 1 unspecified atom stereocenters. The molecule has 3 aliphatic rings. The molecule has 3 aromatic heterocycles. The van der Waals surface area contributed by atoms with E-state index in [-0.39, 0.29) is 20.1 Å². The number of hydrogen-bond acceptors (Lipinski definition) is 3. The van der Waals surface area contributed by atoms with Crippen LogP contribution in [0, 0.1) is 35.8 Å². The third-order valence-corrected chi connectivity index (χ3v) is 13.8. The molecule has 1 radical (unpaired) electrons. The molecule has 3 aliphatic carbocycles. The fraction of sp³-hybridized carbons (Fsp3) is 0.320. The zero-order chi connectivity index (χ0) is 37.2. The molecule has 10 rings (SSSR count). The fourth-order valence-electron chi connectivity index (χ4n) is 9.13. The van der Waals surface area contributed by atoms with Crippen molar-refractivity contribution in [2.45, 2.75) is 78.4 Å². The van der Waals surface area contributed by atoms with Crippen LogP contribution in [0.5, 0.6) is 0 Å². The van der Waals surface area contributed by atoms with E-state index in [2.05, 4.69) is 136 Å². The second-order valence-corrected chi connectivity index (χ2v) is 22.2. The second-order valence-electron chi connectivity index (χ2n) is 17.1. The van der Waals surface area contributed by atoms with Gasteiger partial charge in [-0.25, -0.2) is 0 Å². The maximum Gasteiger partial charge on any atom is 0.121 e. The summed E-state index contributed by atoms with van der Waals surface area (Å²) in [6, 6.07) is 42.6. The van der Waals surface area contributed by atoms with Gasteiger partial charge in [-0.2, -0.15) is 0 Å². The van der Waals surface area contributed by atoms with Gasteiger partial charge in [0.1, 0.15) is 5.58 Å². The van der Waals surface area contributed by atoms with Crippen LogP contribution in [0.1, 0.15) is 57.1 Å². The average molecular weight is 917 g/mol. The largest absolute Gasteiger partial charge is 0.501 e. The maximum absolute atomic E-state index is 6.46. The van der Waals surface area contributed by atoms with Gasteiger partial charge in [0.25, 0.3) is 0 Å². The Morgan fingerprint density at radius 3 is 2.31 bits per heavy atom. The number of benzene rings is 4. The minimum absolute atomic E-state index is 0. The Labute approximate surface area is 342 Å². The molecule has 0 amide bonds. The normalized spacial score (nSPS) is 17.9. The number of nitrogens with zero attached hydrogens (tertiary/aromatic N) is 2. The first-order valence-electron chi connectivity index (χ1n) is 20.0. The zero-order valence-electron chi connectivity index (χ0n) is 32.9. The van der Waals surface area contributed by atoms with Crippen molar-refractivity contribution in [2.24, 2.45) is 23.7 Å². The summed E-state index contributed by atoms with van der Waals surface area (Å²) in [6.07, 6.45) is 13.6. The molecule has 0 aliphatic heterocycles. The van der Waals surface area contributed by atoms with Crippen molar-refractivity contribution in [1.29, 1.82) is 0 Å². The van der Waals surface area contributed by atoms with Gasteiger partial charge < -0.3 is 14.4 Å². The van der Waals surface area contributed by atoms with Crippen LogP contribution in [-0.4, -0.2) is 18.0 Å². The topological polar surface area (TPSA) is 38.9 Å². The van der Waals surface area contributed by atoms with Gasteiger partial charge in [-0.15, -0.1) is 54.1 Å². The van der Waals surface area contributed by atoms with E-state index in [4.69, 9.17) is 9.40 Å². The minimum Gasteiger partial charge on any atom is -0.501 e. The zero-order valence-corrected chi connectivity index (χ0v) is 36.3. The van der Waals surface area contributed by atoms with Gasteiger partial charge in [0, 0.05) is 37.9 Å². The van der Waals surface area contributed by atoms with E-state index >= 15 is 0 Å². The predicted molar refractivity (Wildman–Crippen MR) is 229 cm³/mol. The number of aromatic nitrogens is 2. The van der Waals surface area contributed by atoms with Gasteiger partial charge >= 0.3 is 0 Å². The number of pyridine rings is 2. The third kappa shape index (κ3) is 8.65. The van der Waals surface area contributed by atoms with Crippen molar-refractivity contribution in [3.8, 4) is 33.6 Å². The Balaban J connectivity index is 0.000000191. The number of hydrogen-bond donors (Lipinski definition) is 0. The van der Waals surface area contributed by atoms with Crippen molar-refractivity contribution < 1.29 is 24.5 Å². The molecule has 3 nitrogen and oxygen atoms in total. The summed E-state index contributed by atoms with van der Waals surface area (Å²) in [5.41, 5.74) is 11.1. The number of rotatable bonds is 8. The summed E-state index contributed by atoms with van der Waals surface area (Å²) in [5.74, 6) is 3.39. The van der Waals surface area contributed by atoms with E-state index in [9.17, 15) is 0 Å². The van der Waals surface area contributed by atoms with Crippen LogP contribution in [0.4, 0.5) is 0 Å².